The summed E-state index contributed by atoms with van der Waals surface area (Å²) in [4.78, 5) is 11.2. The van der Waals surface area contributed by atoms with E-state index < -0.39 is 24.4 Å². The van der Waals surface area contributed by atoms with Crippen molar-refractivity contribution in [3.05, 3.63) is 0 Å². The Hall–Kier alpha value is -0.740. The summed E-state index contributed by atoms with van der Waals surface area (Å²) in [7, 11) is 0. The van der Waals surface area contributed by atoms with Crippen LogP contribution >= 0.6 is 0 Å². The third kappa shape index (κ3) is 1.48. The highest BCUT2D eigenvalue weighted by molar-refractivity contribution is 5.82. The fraction of sp³-hybridized carbons (Fsp3) is 0.889. The minimum atomic E-state index is -4.23. The fourth-order valence-corrected chi connectivity index (χ4v) is 2.48. The van der Waals surface area contributed by atoms with Gasteiger partial charge in [0, 0.05) is 6.54 Å². The SMILES string of the molecule is O=C1NCC2(CCC2)C1CC(F)(F)F. The number of carbonyl (C=O) groups excluding carboxylic acids is 1. The van der Waals surface area contributed by atoms with Gasteiger partial charge in [-0.15, -0.1) is 0 Å². The molecule has 2 aliphatic rings. The predicted molar refractivity (Wildman–Crippen MR) is 43.5 cm³/mol. The van der Waals surface area contributed by atoms with Crippen LogP contribution in [0.3, 0.4) is 0 Å². The monoisotopic (exact) mass is 207 g/mol. The molecule has 0 aromatic heterocycles. The highest BCUT2D eigenvalue weighted by Gasteiger charge is 2.54. The van der Waals surface area contributed by atoms with Crippen LogP contribution in [0.1, 0.15) is 25.7 Å². The van der Waals surface area contributed by atoms with Crippen molar-refractivity contribution in [1.29, 1.82) is 0 Å². The summed E-state index contributed by atoms with van der Waals surface area (Å²) >= 11 is 0. The molecular weight excluding hydrogens is 195 g/mol. The quantitative estimate of drug-likeness (QED) is 0.698. The van der Waals surface area contributed by atoms with Crippen molar-refractivity contribution in [3.8, 4) is 0 Å². The third-order valence-corrected chi connectivity index (χ3v) is 3.46. The van der Waals surface area contributed by atoms with Gasteiger partial charge in [0.25, 0.3) is 0 Å². The highest BCUT2D eigenvalue weighted by Crippen LogP contribution is 2.52. The summed E-state index contributed by atoms with van der Waals surface area (Å²) in [5.74, 6) is -1.25. The van der Waals surface area contributed by atoms with E-state index in [1.165, 1.54) is 0 Å². The van der Waals surface area contributed by atoms with Gasteiger partial charge in [-0.1, -0.05) is 6.42 Å². The molecule has 1 heterocycles. The Kier molecular flexibility index (Phi) is 2.01. The molecule has 5 heteroatoms. The van der Waals surface area contributed by atoms with E-state index in [0.717, 1.165) is 19.3 Å². The molecule has 0 aromatic rings. The lowest BCUT2D eigenvalue weighted by Gasteiger charge is -2.41. The Labute approximate surface area is 79.9 Å². The number of halogens is 3. The van der Waals surface area contributed by atoms with Crippen molar-refractivity contribution in [2.24, 2.45) is 11.3 Å². The molecule has 1 saturated carbocycles. The van der Waals surface area contributed by atoms with Gasteiger partial charge in [-0.05, 0) is 18.3 Å². The van der Waals surface area contributed by atoms with Gasteiger partial charge in [-0.3, -0.25) is 4.79 Å². The van der Waals surface area contributed by atoms with Crippen molar-refractivity contribution in [2.45, 2.75) is 31.9 Å². The van der Waals surface area contributed by atoms with Crippen molar-refractivity contribution in [1.82, 2.24) is 5.32 Å². The Morgan fingerprint density at radius 1 is 1.43 bits per heavy atom. The van der Waals surface area contributed by atoms with E-state index in [0.29, 0.717) is 6.54 Å². The van der Waals surface area contributed by atoms with Crippen LogP contribution in [0.25, 0.3) is 0 Å². The molecule has 0 radical (unpaired) electrons. The zero-order valence-electron chi connectivity index (χ0n) is 7.66. The first-order valence-electron chi connectivity index (χ1n) is 4.77. The van der Waals surface area contributed by atoms with Gasteiger partial charge in [-0.25, -0.2) is 0 Å². The summed E-state index contributed by atoms with van der Waals surface area (Å²) in [5, 5.41) is 2.55. The molecule has 1 saturated heterocycles. The largest absolute Gasteiger partial charge is 0.389 e. The van der Waals surface area contributed by atoms with Gasteiger partial charge >= 0.3 is 6.18 Å². The molecule has 1 aliphatic heterocycles. The van der Waals surface area contributed by atoms with E-state index in [2.05, 4.69) is 5.32 Å². The third-order valence-electron chi connectivity index (χ3n) is 3.46. The maximum absolute atomic E-state index is 12.2. The fourth-order valence-electron chi connectivity index (χ4n) is 2.48. The van der Waals surface area contributed by atoms with E-state index in [4.69, 9.17) is 0 Å². The second-order valence-corrected chi connectivity index (χ2v) is 4.31. The maximum atomic E-state index is 12.2. The molecule has 1 spiro atoms. The van der Waals surface area contributed by atoms with E-state index in [-0.39, 0.29) is 5.41 Å². The number of nitrogens with one attached hydrogen (secondary N) is 1. The number of carbonyl (C=O) groups is 1. The van der Waals surface area contributed by atoms with Crippen LogP contribution in [0.4, 0.5) is 13.2 Å². The lowest BCUT2D eigenvalue weighted by molar-refractivity contribution is -0.162. The zero-order chi connectivity index (χ0) is 10.4. The van der Waals surface area contributed by atoms with Crippen LogP contribution in [0.2, 0.25) is 0 Å². The van der Waals surface area contributed by atoms with E-state index >= 15 is 0 Å². The van der Waals surface area contributed by atoms with E-state index in [1.807, 2.05) is 0 Å². The zero-order valence-corrected chi connectivity index (χ0v) is 7.66. The first-order valence-corrected chi connectivity index (χ1v) is 4.77. The standard InChI is InChI=1S/C9H12F3NO/c10-9(11,12)4-6-7(14)13-5-8(6)2-1-3-8/h6H,1-5H2,(H,13,14). The Morgan fingerprint density at radius 3 is 2.50 bits per heavy atom. The van der Waals surface area contributed by atoms with Gasteiger partial charge in [0.05, 0.1) is 12.3 Å². The minimum Gasteiger partial charge on any atom is -0.355 e. The normalized spacial score (nSPS) is 30.2. The Balaban J connectivity index is 2.10. The number of rotatable bonds is 1. The summed E-state index contributed by atoms with van der Waals surface area (Å²) in [5.41, 5.74) is -0.368. The topological polar surface area (TPSA) is 29.1 Å². The summed E-state index contributed by atoms with van der Waals surface area (Å²) < 4.78 is 36.6. The minimum absolute atomic E-state index is 0.368. The molecule has 1 amide bonds. The summed E-state index contributed by atoms with van der Waals surface area (Å²) in [6, 6.07) is 0. The molecular formula is C9H12F3NO. The second kappa shape index (κ2) is 2.87. The highest BCUT2D eigenvalue weighted by atomic mass is 19.4. The predicted octanol–water partition coefficient (Wildman–Crippen LogP) is 1.86. The molecule has 1 unspecified atom stereocenters. The molecule has 2 rings (SSSR count). The van der Waals surface area contributed by atoms with E-state index in [9.17, 15) is 18.0 Å². The average molecular weight is 207 g/mol. The Morgan fingerprint density at radius 2 is 2.07 bits per heavy atom. The molecule has 2 nitrogen and oxygen atoms in total. The van der Waals surface area contributed by atoms with Crippen LogP contribution in [0.15, 0.2) is 0 Å². The molecule has 1 N–H and O–H groups in total. The first-order chi connectivity index (χ1) is 6.43. The van der Waals surface area contributed by atoms with Gasteiger partial charge in [0.15, 0.2) is 0 Å². The Bertz CT molecular complexity index is 257. The van der Waals surface area contributed by atoms with Gasteiger partial charge in [0.1, 0.15) is 0 Å². The van der Waals surface area contributed by atoms with Crippen molar-refractivity contribution in [3.63, 3.8) is 0 Å². The maximum Gasteiger partial charge on any atom is 0.389 e. The molecule has 0 bridgehead atoms. The van der Waals surface area contributed by atoms with Crippen molar-refractivity contribution < 1.29 is 18.0 Å². The van der Waals surface area contributed by atoms with Crippen LogP contribution in [-0.4, -0.2) is 18.6 Å². The smallest absolute Gasteiger partial charge is 0.355 e. The van der Waals surface area contributed by atoms with Crippen LogP contribution in [0.5, 0.6) is 0 Å². The lowest BCUT2D eigenvalue weighted by atomic mass is 9.62. The van der Waals surface area contributed by atoms with Crippen LogP contribution in [0, 0.1) is 11.3 Å². The van der Waals surface area contributed by atoms with Gasteiger partial charge < -0.3 is 5.32 Å². The molecule has 80 valence electrons. The van der Waals surface area contributed by atoms with Gasteiger partial charge in [-0.2, -0.15) is 13.2 Å². The first kappa shape index (κ1) is 9.80. The molecule has 14 heavy (non-hydrogen) atoms. The van der Waals surface area contributed by atoms with Crippen LogP contribution in [-0.2, 0) is 4.79 Å². The molecule has 2 fully saturated rings. The lowest BCUT2D eigenvalue weighted by Crippen LogP contribution is -2.39. The number of alkyl halides is 3. The molecule has 1 atom stereocenters. The van der Waals surface area contributed by atoms with Crippen molar-refractivity contribution in [2.75, 3.05) is 6.54 Å². The number of hydrogen-bond donors (Lipinski definition) is 1. The van der Waals surface area contributed by atoms with Crippen LogP contribution < -0.4 is 5.32 Å². The average Bonchev–Trinajstić information content (AvgIpc) is 2.25. The summed E-state index contributed by atoms with van der Waals surface area (Å²) in [6.45, 7) is 0.437. The van der Waals surface area contributed by atoms with E-state index in [1.54, 1.807) is 0 Å². The molecule has 1 aliphatic carbocycles. The van der Waals surface area contributed by atoms with Crippen molar-refractivity contribution >= 4 is 5.91 Å². The summed E-state index contributed by atoms with van der Waals surface area (Å²) in [6.07, 6.45) is -2.73. The number of amides is 1. The number of hydrogen-bond acceptors (Lipinski definition) is 1. The van der Waals surface area contributed by atoms with Gasteiger partial charge in [0.2, 0.25) is 5.91 Å². The molecule has 0 aromatic carbocycles. The second-order valence-electron chi connectivity index (χ2n) is 4.31.